The van der Waals surface area contributed by atoms with Crippen LogP contribution in [0.2, 0.25) is 5.02 Å². The molecule has 0 bridgehead atoms. The zero-order valence-corrected chi connectivity index (χ0v) is 8.97. The molecule has 4 heteroatoms. The van der Waals surface area contributed by atoms with Gasteiger partial charge in [0.1, 0.15) is 11.6 Å². The molecule has 0 aromatic heterocycles. The summed E-state index contributed by atoms with van der Waals surface area (Å²) in [4.78, 5) is 0. The van der Waals surface area contributed by atoms with Crippen LogP contribution < -0.4 is 5.73 Å². The summed E-state index contributed by atoms with van der Waals surface area (Å²) in [7, 11) is 0. The summed E-state index contributed by atoms with van der Waals surface area (Å²) in [6, 6.07) is 1.83. The molecule has 0 heterocycles. The second-order valence-corrected chi connectivity index (χ2v) is 3.71. The molecule has 0 aliphatic rings. The van der Waals surface area contributed by atoms with E-state index in [1.165, 1.54) is 6.07 Å². The normalized spacial score (nSPS) is 12.5. The monoisotopic (exact) mass is 229 g/mol. The van der Waals surface area contributed by atoms with Gasteiger partial charge in [0.25, 0.3) is 0 Å². The van der Waals surface area contributed by atoms with Crippen molar-refractivity contribution in [1.82, 2.24) is 0 Å². The molecule has 0 aliphatic carbocycles. The number of hydrogen-bond donors (Lipinski definition) is 2. The Hall–Kier alpha value is -1.06. The maximum atomic E-state index is 13.0. The minimum Gasteiger partial charge on any atom is -0.506 e. The van der Waals surface area contributed by atoms with Crippen LogP contribution in [0.15, 0.2) is 24.8 Å². The maximum absolute atomic E-state index is 13.0. The number of rotatable bonds is 4. The van der Waals surface area contributed by atoms with Crippen LogP contribution in [0.4, 0.5) is 4.39 Å². The molecule has 0 unspecified atom stereocenters. The van der Waals surface area contributed by atoms with Crippen molar-refractivity contribution in [2.75, 3.05) is 0 Å². The first kappa shape index (κ1) is 12.0. The highest BCUT2D eigenvalue weighted by molar-refractivity contribution is 6.32. The number of aromatic hydroxyl groups is 1. The summed E-state index contributed by atoms with van der Waals surface area (Å²) in [5, 5.41) is 9.57. The maximum Gasteiger partial charge on any atom is 0.139 e. The summed E-state index contributed by atoms with van der Waals surface area (Å²) < 4.78 is 13.0. The Morgan fingerprint density at radius 2 is 2.27 bits per heavy atom. The third kappa shape index (κ3) is 2.94. The Morgan fingerprint density at radius 1 is 1.60 bits per heavy atom. The summed E-state index contributed by atoms with van der Waals surface area (Å²) in [5.74, 6) is -0.642. The van der Waals surface area contributed by atoms with Crippen molar-refractivity contribution in [2.24, 2.45) is 5.73 Å². The Labute approximate surface area is 93.2 Å². The minimum atomic E-state index is -0.498. The Morgan fingerprint density at radius 3 is 2.87 bits per heavy atom. The second kappa shape index (κ2) is 5.14. The van der Waals surface area contributed by atoms with Crippen LogP contribution in [0.3, 0.4) is 0 Å². The van der Waals surface area contributed by atoms with E-state index in [2.05, 4.69) is 6.58 Å². The zero-order chi connectivity index (χ0) is 11.4. The van der Waals surface area contributed by atoms with E-state index in [1.807, 2.05) is 0 Å². The Kier molecular flexibility index (Phi) is 4.12. The lowest BCUT2D eigenvalue weighted by atomic mass is 10.0. The van der Waals surface area contributed by atoms with E-state index in [-0.39, 0.29) is 10.8 Å². The van der Waals surface area contributed by atoms with Gasteiger partial charge in [-0.25, -0.2) is 4.39 Å². The molecule has 82 valence electrons. The highest BCUT2D eigenvalue weighted by Crippen LogP contribution is 2.33. The highest BCUT2D eigenvalue weighted by Gasteiger charge is 2.14. The topological polar surface area (TPSA) is 46.2 Å². The molecule has 0 radical (unpaired) electrons. The van der Waals surface area contributed by atoms with Crippen LogP contribution in [0.25, 0.3) is 0 Å². The number of phenolic OH excluding ortho intramolecular Hbond substituents is 1. The average Bonchev–Trinajstić information content (AvgIpc) is 2.19. The molecule has 15 heavy (non-hydrogen) atoms. The van der Waals surface area contributed by atoms with Crippen molar-refractivity contribution in [2.45, 2.75) is 18.9 Å². The van der Waals surface area contributed by atoms with E-state index in [1.54, 1.807) is 6.08 Å². The van der Waals surface area contributed by atoms with Crippen LogP contribution >= 0.6 is 11.6 Å². The molecular formula is C11H13ClFNO. The largest absolute Gasteiger partial charge is 0.506 e. The van der Waals surface area contributed by atoms with Gasteiger partial charge in [0, 0.05) is 11.6 Å². The predicted molar refractivity (Wildman–Crippen MR) is 59.4 cm³/mol. The van der Waals surface area contributed by atoms with Gasteiger partial charge in [-0.05, 0) is 25.0 Å². The smallest absolute Gasteiger partial charge is 0.139 e. The number of nitrogens with two attached hydrogens (primary N) is 1. The van der Waals surface area contributed by atoms with Gasteiger partial charge in [0.2, 0.25) is 0 Å². The quantitative estimate of drug-likeness (QED) is 0.780. The number of phenols is 1. The fourth-order valence-corrected chi connectivity index (χ4v) is 1.53. The molecular weight excluding hydrogens is 217 g/mol. The number of hydrogen-bond acceptors (Lipinski definition) is 2. The molecule has 0 aliphatic heterocycles. The fraction of sp³-hybridized carbons (Fsp3) is 0.273. The van der Waals surface area contributed by atoms with Crippen molar-refractivity contribution in [3.8, 4) is 5.75 Å². The van der Waals surface area contributed by atoms with Crippen LogP contribution in [0.5, 0.6) is 5.75 Å². The van der Waals surface area contributed by atoms with E-state index >= 15 is 0 Å². The third-order valence-electron chi connectivity index (χ3n) is 2.14. The van der Waals surface area contributed by atoms with E-state index in [0.717, 1.165) is 6.07 Å². The molecule has 1 atom stereocenters. The SMILES string of the molecule is C=CCC[C@H](N)c1cc(F)cc(Cl)c1O. The van der Waals surface area contributed by atoms with Crippen molar-refractivity contribution in [3.05, 3.63) is 41.2 Å². The molecule has 0 spiro atoms. The first-order chi connectivity index (χ1) is 7.06. The lowest BCUT2D eigenvalue weighted by Crippen LogP contribution is -2.10. The van der Waals surface area contributed by atoms with Crippen molar-refractivity contribution >= 4 is 11.6 Å². The van der Waals surface area contributed by atoms with Crippen molar-refractivity contribution in [3.63, 3.8) is 0 Å². The van der Waals surface area contributed by atoms with E-state index in [4.69, 9.17) is 17.3 Å². The predicted octanol–water partition coefficient (Wildman–Crippen LogP) is 3.15. The zero-order valence-electron chi connectivity index (χ0n) is 8.21. The van der Waals surface area contributed by atoms with Crippen LogP contribution in [-0.2, 0) is 0 Å². The lowest BCUT2D eigenvalue weighted by Gasteiger charge is -2.13. The fourth-order valence-electron chi connectivity index (χ4n) is 1.32. The summed E-state index contributed by atoms with van der Waals surface area (Å²) in [6.45, 7) is 3.57. The summed E-state index contributed by atoms with van der Waals surface area (Å²) >= 11 is 5.63. The molecule has 1 rings (SSSR count). The lowest BCUT2D eigenvalue weighted by molar-refractivity contribution is 0.456. The minimum absolute atomic E-state index is 0.0148. The first-order valence-corrected chi connectivity index (χ1v) is 4.98. The third-order valence-corrected chi connectivity index (χ3v) is 2.43. The Balaban J connectivity index is 2.96. The van der Waals surface area contributed by atoms with Gasteiger partial charge in [-0.1, -0.05) is 17.7 Å². The van der Waals surface area contributed by atoms with Gasteiger partial charge >= 0.3 is 0 Å². The molecule has 1 aromatic rings. The first-order valence-electron chi connectivity index (χ1n) is 4.60. The number of halogens is 2. The van der Waals surface area contributed by atoms with Gasteiger partial charge in [0.15, 0.2) is 0 Å². The number of allylic oxidation sites excluding steroid dienone is 1. The van der Waals surface area contributed by atoms with E-state index in [9.17, 15) is 9.50 Å². The highest BCUT2D eigenvalue weighted by atomic mass is 35.5. The molecule has 3 N–H and O–H groups in total. The second-order valence-electron chi connectivity index (χ2n) is 3.30. The van der Waals surface area contributed by atoms with Crippen molar-refractivity contribution in [1.29, 1.82) is 0 Å². The van der Waals surface area contributed by atoms with E-state index in [0.29, 0.717) is 18.4 Å². The molecule has 0 fully saturated rings. The summed E-state index contributed by atoms with van der Waals surface area (Å²) in [6.07, 6.45) is 3.02. The standard InChI is InChI=1S/C11H13ClFNO/c1-2-3-4-10(14)8-5-7(13)6-9(12)11(8)15/h2,5-6,10,15H,1,3-4,14H2/t10-/m0/s1. The van der Waals surface area contributed by atoms with Crippen molar-refractivity contribution < 1.29 is 9.50 Å². The van der Waals surface area contributed by atoms with Crippen LogP contribution in [0, 0.1) is 5.82 Å². The van der Waals surface area contributed by atoms with Crippen LogP contribution in [-0.4, -0.2) is 5.11 Å². The molecule has 0 saturated carbocycles. The summed E-state index contributed by atoms with van der Waals surface area (Å²) in [5.41, 5.74) is 6.12. The number of benzene rings is 1. The van der Waals surface area contributed by atoms with Gasteiger partial charge < -0.3 is 10.8 Å². The van der Waals surface area contributed by atoms with Gasteiger partial charge in [-0.15, -0.1) is 6.58 Å². The van der Waals surface area contributed by atoms with Gasteiger partial charge in [0.05, 0.1) is 5.02 Å². The van der Waals surface area contributed by atoms with Gasteiger partial charge in [-0.3, -0.25) is 0 Å². The molecule has 2 nitrogen and oxygen atoms in total. The molecule has 0 amide bonds. The Bertz CT molecular complexity index is 368. The average molecular weight is 230 g/mol. The van der Waals surface area contributed by atoms with Crippen LogP contribution in [0.1, 0.15) is 24.4 Å². The molecule has 1 aromatic carbocycles. The molecule has 0 saturated heterocycles. The van der Waals surface area contributed by atoms with Gasteiger partial charge in [-0.2, -0.15) is 0 Å². The van der Waals surface area contributed by atoms with E-state index < -0.39 is 11.9 Å².